The number of esters is 1. The number of hydrogen-bond acceptors (Lipinski definition) is 5. The van der Waals surface area contributed by atoms with Crippen LogP contribution in [0.1, 0.15) is 30.6 Å². The van der Waals surface area contributed by atoms with Crippen molar-refractivity contribution < 1.29 is 23.8 Å². The van der Waals surface area contributed by atoms with Gasteiger partial charge in [-0.15, -0.1) is 0 Å². The fourth-order valence-electron chi connectivity index (χ4n) is 2.98. The molecule has 148 valence electrons. The van der Waals surface area contributed by atoms with Crippen LogP contribution < -0.4 is 10.1 Å². The van der Waals surface area contributed by atoms with E-state index in [1.807, 2.05) is 0 Å². The molecule has 8 heteroatoms. The van der Waals surface area contributed by atoms with E-state index >= 15 is 0 Å². The van der Waals surface area contributed by atoms with E-state index in [0.717, 1.165) is 0 Å². The predicted molar refractivity (Wildman–Crippen MR) is 106 cm³/mol. The van der Waals surface area contributed by atoms with E-state index in [-0.39, 0.29) is 13.0 Å². The van der Waals surface area contributed by atoms with E-state index in [9.17, 15) is 9.59 Å². The summed E-state index contributed by atoms with van der Waals surface area (Å²) < 4.78 is 16.2. The zero-order valence-corrected chi connectivity index (χ0v) is 16.8. The summed E-state index contributed by atoms with van der Waals surface area (Å²) in [6.07, 6.45) is -1.98. The number of ether oxygens (including phenoxy) is 3. The molecule has 1 amide bonds. The second-order valence-corrected chi connectivity index (χ2v) is 6.97. The monoisotopic (exact) mass is 423 g/mol. The lowest BCUT2D eigenvalue weighted by Gasteiger charge is -2.22. The van der Waals surface area contributed by atoms with Gasteiger partial charge in [-0.1, -0.05) is 29.3 Å². The highest BCUT2D eigenvalue weighted by atomic mass is 35.5. The Labute approximate surface area is 172 Å². The summed E-state index contributed by atoms with van der Waals surface area (Å²) in [7, 11) is 1.54. The molecule has 3 rings (SSSR count). The first-order valence-corrected chi connectivity index (χ1v) is 9.43. The van der Waals surface area contributed by atoms with Gasteiger partial charge in [0.1, 0.15) is 18.0 Å². The number of carbonyl (C=O) groups excluding carboxylic acids is 2. The van der Waals surface area contributed by atoms with Crippen molar-refractivity contribution in [2.24, 2.45) is 0 Å². The highest BCUT2D eigenvalue weighted by Gasteiger charge is 2.34. The molecule has 1 N–H and O–H groups in total. The van der Waals surface area contributed by atoms with Crippen molar-refractivity contribution in [3.63, 3.8) is 0 Å². The molecule has 2 aromatic carbocycles. The van der Waals surface area contributed by atoms with Crippen molar-refractivity contribution in [1.29, 1.82) is 0 Å². The van der Waals surface area contributed by atoms with Gasteiger partial charge in [0.15, 0.2) is 0 Å². The minimum absolute atomic E-state index is 0.217. The number of methoxy groups -OCH3 is 1. The largest absolute Gasteiger partial charge is 0.497 e. The third kappa shape index (κ3) is 4.41. The fourth-order valence-corrected chi connectivity index (χ4v) is 3.43. The van der Waals surface area contributed by atoms with Crippen molar-refractivity contribution in [1.82, 2.24) is 0 Å². The maximum absolute atomic E-state index is 12.6. The summed E-state index contributed by atoms with van der Waals surface area (Å²) >= 11 is 12.6. The summed E-state index contributed by atoms with van der Waals surface area (Å²) in [4.78, 5) is 24.6. The van der Waals surface area contributed by atoms with Crippen LogP contribution >= 0.6 is 23.2 Å². The van der Waals surface area contributed by atoms with Crippen LogP contribution in [0.15, 0.2) is 36.4 Å². The first kappa shape index (κ1) is 20.5. The van der Waals surface area contributed by atoms with Crippen LogP contribution in [0.2, 0.25) is 10.0 Å². The molecule has 0 aromatic heterocycles. The normalized spacial score (nSPS) is 18.6. The van der Waals surface area contributed by atoms with E-state index in [0.29, 0.717) is 32.6 Å². The molecular formula is C20H19Cl2NO5. The molecule has 6 nitrogen and oxygen atoms in total. The molecule has 0 saturated heterocycles. The van der Waals surface area contributed by atoms with Crippen LogP contribution in [-0.2, 0) is 19.1 Å². The molecule has 1 heterocycles. The van der Waals surface area contributed by atoms with Crippen LogP contribution in [0.25, 0.3) is 0 Å². The molecule has 2 aromatic rings. The number of fused-ring (bicyclic) bond motifs is 1. The molecule has 0 spiro atoms. The third-order valence-corrected chi connectivity index (χ3v) is 4.86. The number of nitrogens with one attached hydrogen (secondary N) is 1. The lowest BCUT2D eigenvalue weighted by atomic mass is 9.99. The Morgan fingerprint density at radius 3 is 2.64 bits per heavy atom. The Bertz CT molecular complexity index is 902. The van der Waals surface area contributed by atoms with E-state index in [1.54, 1.807) is 50.4 Å². The Morgan fingerprint density at radius 2 is 1.96 bits per heavy atom. The average molecular weight is 424 g/mol. The second kappa shape index (κ2) is 8.82. The minimum atomic E-state index is -1.05. The molecular weight excluding hydrogens is 405 g/mol. The first-order chi connectivity index (χ1) is 13.4. The SMILES string of the molecule is CCOC(=O)C[C@H]1O[C@H](c2ccc(OC)cc2Cl)c2cc(Cl)ccc2NC1=O. The summed E-state index contributed by atoms with van der Waals surface area (Å²) in [6.45, 7) is 1.92. The molecule has 0 bridgehead atoms. The van der Waals surface area contributed by atoms with Gasteiger partial charge in [0.05, 0.1) is 25.2 Å². The maximum atomic E-state index is 12.6. The van der Waals surface area contributed by atoms with Gasteiger partial charge in [-0.2, -0.15) is 0 Å². The van der Waals surface area contributed by atoms with Crippen molar-refractivity contribution in [2.45, 2.75) is 25.6 Å². The number of halogens is 2. The average Bonchev–Trinajstić information content (AvgIpc) is 2.79. The van der Waals surface area contributed by atoms with Gasteiger partial charge in [0.25, 0.3) is 5.91 Å². The van der Waals surface area contributed by atoms with Gasteiger partial charge in [-0.3, -0.25) is 9.59 Å². The number of rotatable bonds is 5. The van der Waals surface area contributed by atoms with Gasteiger partial charge >= 0.3 is 5.97 Å². The van der Waals surface area contributed by atoms with Crippen LogP contribution in [0.3, 0.4) is 0 Å². The molecule has 0 aliphatic carbocycles. The molecule has 2 atom stereocenters. The van der Waals surface area contributed by atoms with E-state index in [4.69, 9.17) is 37.4 Å². The summed E-state index contributed by atoms with van der Waals surface area (Å²) in [5, 5.41) is 3.67. The zero-order valence-electron chi connectivity index (χ0n) is 15.3. The van der Waals surface area contributed by atoms with E-state index < -0.39 is 24.1 Å². The van der Waals surface area contributed by atoms with Crippen LogP contribution in [0.4, 0.5) is 5.69 Å². The van der Waals surface area contributed by atoms with Crippen LogP contribution in [0.5, 0.6) is 5.75 Å². The maximum Gasteiger partial charge on any atom is 0.308 e. The second-order valence-electron chi connectivity index (χ2n) is 6.12. The Hall–Kier alpha value is -2.28. The molecule has 0 unspecified atom stereocenters. The first-order valence-electron chi connectivity index (χ1n) is 8.67. The minimum Gasteiger partial charge on any atom is -0.497 e. The standard InChI is InChI=1S/C20H19Cl2NO5/c1-3-27-18(24)10-17-20(25)23-16-7-4-11(21)8-14(16)19(28-17)13-6-5-12(26-2)9-15(13)22/h4-9,17,19H,3,10H2,1-2H3,(H,23,25)/t17-,19-/m1/s1. The number of carbonyl (C=O) groups is 2. The topological polar surface area (TPSA) is 73.9 Å². The van der Waals surface area contributed by atoms with Gasteiger partial charge in [-0.25, -0.2) is 0 Å². The van der Waals surface area contributed by atoms with Crippen molar-refractivity contribution >= 4 is 40.8 Å². The lowest BCUT2D eigenvalue weighted by molar-refractivity contribution is -0.150. The van der Waals surface area contributed by atoms with Crippen molar-refractivity contribution in [3.8, 4) is 5.75 Å². The van der Waals surface area contributed by atoms with Gasteiger partial charge in [0, 0.05) is 21.8 Å². The molecule has 0 fully saturated rings. The van der Waals surface area contributed by atoms with E-state index in [2.05, 4.69) is 5.32 Å². The molecule has 28 heavy (non-hydrogen) atoms. The highest BCUT2D eigenvalue weighted by Crippen LogP contribution is 2.40. The molecule has 1 aliphatic rings. The zero-order chi connectivity index (χ0) is 20.3. The smallest absolute Gasteiger partial charge is 0.308 e. The Kier molecular flexibility index (Phi) is 6.44. The molecule has 1 aliphatic heterocycles. The van der Waals surface area contributed by atoms with Gasteiger partial charge in [-0.05, 0) is 37.3 Å². The summed E-state index contributed by atoms with van der Waals surface area (Å²) in [6, 6.07) is 10.2. The van der Waals surface area contributed by atoms with Crippen molar-refractivity contribution in [2.75, 3.05) is 19.0 Å². The lowest BCUT2D eigenvalue weighted by Crippen LogP contribution is -2.32. The molecule has 0 saturated carbocycles. The number of hydrogen-bond donors (Lipinski definition) is 1. The van der Waals surface area contributed by atoms with Crippen molar-refractivity contribution in [3.05, 3.63) is 57.6 Å². The third-order valence-electron chi connectivity index (χ3n) is 4.29. The van der Waals surface area contributed by atoms with Crippen LogP contribution in [0, 0.1) is 0 Å². The van der Waals surface area contributed by atoms with Gasteiger partial charge < -0.3 is 19.5 Å². The van der Waals surface area contributed by atoms with Crippen LogP contribution in [-0.4, -0.2) is 31.7 Å². The summed E-state index contributed by atoms with van der Waals surface area (Å²) in [5.74, 6) is -0.374. The summed E-state index contributed by atoms with van der Waals surface area (Å²) in [5.41, 5.74) is 1.80. The number of anilines is 1. The fraction of sp³-hybridized carbons (Fsp3) is 0.300. The predicted octanol–water partition coefficient (Wildman–Crippen LogP) is 4.38. The quantitative estimate of drug-likeness (QED) is 0.722. The van der Waals surface area contributed by atoms with E-state index in [1.165, 1.54) is 0 Å². The Balaban J connectivity index is 2.04. The Morgan fingerprint density at radius 1 is 1.18 bits per heavy atom. The van der Waals surface area contributed by atoms with Gasteiger partial charge in [0.2, 0.25) is 0 Å². The number of benzene rings is 2. The number of amides is 1. The highest BCUT2D eigenvalue weighted by molar-refractivity contribution is 6.31. The molecule has 0 radical (unpaired) electrons.